The highest BCUT2D eigenvalue weighted by Crippen LogP contribution is 2.20. The molecule has 0 spiro atoms. The van der Waals surface area contributed by atoms with Gasteiger partial charge in [-0.25, -0.2) is 4.39 Å². The molecule has 0 heterocycles. The standard InChI is InChI=1S/C17H21FN2/c1-3-20(14-10-8-13(2)9-11-14)12-17(19)15-6-4-5-7-16(15)18/h4-11,17H,3,12,19H2,1-2H3. The summed E-state index contributed by atoms with van der Waals surface area (Å²) in [6.07, 6.45) is 0. The summed E-state index contributed by atoms with van der Waals surface area (Å²) < 4.78 is 13.8. The van der Waals surface area contributed by atoms with Crippen molar-refractivity contribution in [2.24, 2.45) is 5.73 Å². The molecule has 2 nitrogen and oxygen atoms in total. The lowest BCUT2D eigenvalue weighted by molar-refractivity contribution is 0.575. The molecule has 1 unspecified atom stereocenters. The van der Waals surface area contributed by atoms with E-state index < -0.39 is 0 Å². The third-order valence-corrected chi connectivity index (χ3v) is 3.50. The first kappa shape index (κ1) is 14.5. The highest BCUT2D eigenvalue weighted by atomic mass is 19.1. The Labute approximate surface area is 120 Å². The lowest BCUT2D eigenvalue weighted by Crippen LogP contribution is -2.32. The predicted octanol–water partition coefficient (Wildman–Crippen LogP) is 3.66. The van der Waals surface area contributed by atoms with Gasteiger partial charge in [0, 0.05) is 24.3 Å². The zero-order valence-electron chi connectivity index (χ0n) is 12.0. The highest BCUT2D eigenvalue weighted by Gasteiger charge is 2.14. The molecule has 0 aliphatic carbocycles. The summed E-state index contributed by atoms with van der Waals surface area (Å²) in [5.74, 6) is -0.236. The number of hydrogen-bond acceptors (Lipinski definition) is 2. The topological polar surface area (TPSA) is 29.3 Å². The fraction of sp³-hybridized carbons (Fsp3) is 0.294. The Morgan fingerprint density at radius 1 is 1.10 bits per heavy atom. The van der Waals surface area contributed by atoms with Crippen molar-refractivity contribution in [2.45, 2.75) is 19.9 Å². The maximum absolute atomic E-state index is 13.8. The van der Waals surface area contributed by atoms with Crippen molar-refractivity contribution in [1.29, 1.82) is 0 Å². The number of hydrogen-bond donors (Lipinski definition) is 1. The molecular weight excluding hydrogens is 251 g/mol. The van der Waals surface area contributed by atoms with E-state index in [0.29, 0.717) is 12.1 Å². The summed E-state index contributed by atoms with van der Waals surface area (Å²) >= 11 is 0. The summed E-state index contributed by atoms with van der Waals surface area (Å²) in [5, 5.41) is 0. The molecule has 0 amide bonds. The van der Waals surface area contributed by atoms with Crippen molar-refractivity contribution >= 4 is 5.69 Å². The van der Waals surface area contributed by atoms with Crippen LogP contribution in [0.3, 0.4) is 0 Å². The van der Waals surface area contributed by atoms with Gasteiger partial charge in [-0.3, -0.25) is 0 Å². The van der Waals surface area contributed by atoms with Crippen LogP contribution in [0.4, 0.5) is 10.1 Å². The van der Waals surface area contributed by atoms with Crippen molar-refractivity contribution in [2.75, 3.05) is 18.0 Å². The van der Waals surface area contributed by atoms with Gasteiger partial charge in [0.15, 0.2) is 0 Å². The first-order chi connectivity index (χ1) is 9.61. The van der Waals surface area contributed by atoms with Crippen LogP contribution in [0, 0.1) is 12.7 Å². The van der Waals surface area contributed by atoms with E-state index in [4.69, 9.17) is 5.73 Å². The van der Waals surface area contributed by atoms with Gasteiger partial charge >= 0.3 is 0 Å². The van der Waals surface area contributed by atoms with Crippen LogP contribution in [0.5, 0.6) is 0 Å². The van der Waals surface area contributed by atoms with E-state index in [-0.39, 0.29) is 11.9 Å². The third-order valence-electron chi connectivity index (χ3n) is 3.50. The van der Waals surface area contributed by atoms with Crippen molar-refractivity contribution < 1.29 is 4.39 Å². The Hall–Kier alpha value is -1.87. The van der Waals surface area contributed by atoms with Gasteiger partial charge in [-0.05, 0) is 32.0 Å². The Morgan fingerprint density at radius 2 is 1.75 bits per heavy atom. The predicted molar refractivity (Wildman–Crippen MR) is 82.4 cm³/mol. The minimum absolute atomic E-state index is 0.236. The van der Waals surface area contributed by atoms with E-state index in [1.165, 1.54) is 11.6 Å². The van der Waals surface area contributed by atoms with Crippen LogP contribution in [-0.2, 0) is 0 Å². The first-order valence-electron chi connectivity index (χ1n) is 6.93. The average Bonchev–Trinajstić information content (AvgIpc) is 2.46. The van der Waals surface area contributed by atoms with E-state index in [0.717, 1.165) is 12.2 Å². The molecule has 106 valence electrons. The monoisotopic (exact) mass is 272 g/mol. The van der Waals surface area contributed by atoms with E-state index in [9.17, 15) is 4.39 Å². The second-order valence-electron chi connectivity index (χ2n) is 5.00. The molecule has 20 heavy (non-hydrogen) atoms. The van der Waals surface area contributed by atoms with Crippen LogP contribution in [0.2, 0.25) is 0 Å². The molecule has 1 atom stereocenters. The van der Waals surface area contributed by atoms with Crippen molar-refractivity contribution in [3.8, 4) is 0 Å². The van der Waals surface area contributed by atoms with E-state index in [1.807, 2.05) is 6.07 Å². The summed E-state index contributed by atoms with van der Waals surface area (Å²) in [5.41, 5.74) is 9.07. The molecule has 0 aliphatic rings. The number of nitrogens with two attached hydrogens (primary N) is 1. The molecule has 0 aliphatic heterocycles. The Bertz CT molecular complexity index is 551. The summed E-state index contributed by atoms with van der Waals surface area (Å²) in [6.45, 7) is 5.57. The van der Waals surface area contributed by atoms with E-state index in [2.05, 4.69) is 43.0 Å². The minimum Gasteiger partial charge on any atom is -0.370 e. The number of anilines is 1. The summed E-state index contributed by atoms with van der Waals surface area (Å²) in [4.78, 5) is 2.16. The van der Waals surface area contributed by atoms with Gasteiger partial charge in [0.2, 0.25) is 0 Å². The maximum Gasteiger partial charge on any atom is 0.128 e. The number of rotatable bonds is 5. The number of nitrogens with zero attached hydrogens (tertiary/aromatic N) is 1. The number of halogens is 1. The van der Waals surface area contributed by atoms with Crippen LogP contribution in [-0.4, -0.2) is 13.1 Å². The molecule has 2 aromatic carbocycles. The smallest absolute Gasteiger partial charge is 0.128 e. The van der Waals surface area contributed by atoms with Crippen LogP contribution in [0.15, 0.2) is 48.5 Å². The van der Waals surface area contributed by atoms with Gasteiger partial charge in [-0.15, -0.1) is 0 Å². The largest absolute Gasteiger partial charge is 0.370 e. The van der Waals surface area contributed by atoms with Crippen LogP contribution in [0.1, 0.15) is 24.1 Å². The molecule has 0 saturated heterocycles. The van der Waals surface area contributed by atoms with Gasteiger partial charge < -0.3 is 10.6 Å². The Balaban J connectivity index is 2.14. The zero-order chi connectivity index (χ0) is 14.5. The molecule has 2 N–H and O–H groups in total. The van der Waals surface area contributed by atoms with Crippen LogP contribution < -0.4 is 10.6 Å². The first-order valence-corrected chi connectivity index (χ1v) is 6.93. The second-order valence-corrected chi connectivity index (χ2v) is 5.00. The zero-order valence-corrected chi connectivity index (χ0v) is 12.0. The lowest BCUT2D eigenvalue weighted by Gasteiger charge is -2.27. The molecule has 0 saturated carbocycles. The van der Waals surface area contributed by atoms with Gasteiger partial charge in [-0.2, -0.15) is 0 Å². The van der Waals surface area contributed by atoms with Crippen molar-refractivity contribution in [3.05, 3.63) is 65.5 Å². The van der Waals surface area contributed by atoms with E-state index >= 15 is 0 Å². The minimum atomic E-state index is -0.336. The van der Waals surface area contributed by atoms with Gasteiger partial charge in [-0.1, -0.05) is 35.9 Å². The molecule has 2 rings (SSSR count). The molecule has 0 aromatic heterocycles. The normalized spacial score (nSPS) is 12.2. The number of benzene rings is 2. The molecule has 0 fully saturated rings. The molecule has 0 radical (unpaired) electrons. The summed E-state index contributed by atoms with van der Waals surface area (Å²) in [6, 6.07) is 14.7. The summed E-state index contributed by atoms with van der Waals surface area (Å²) in [7, 11) is 0. The molecule has 3 heteroatoms. The number of likely N-dealkylation sites (N-methyl/N-ethyl adjacent to an activating group) is 1. The SMILES string of the molecule is CCN(CC(N)c1ccccc1F)c1ccc(C)cc1. The number of aryl methyl sites for hydroxylation is 1. The van der Waals surface area contributed by atoms with Crippen molar-refractivity contribution in [1.82, 2.24) is 0 Å². The highest BCUT2D eigenvalue weighted by molar-refractivity contribution is 5.47. The van der Waals surface area contributed by atoms with E-state index in [1.54, 1.807) is 12.1 Å². The van der Waals surface area contributed by atoms with Gasteiger partial charge in [0.05, 0.1) is 6.04 Å². The van der Waals surface area contributed by atoms with Crippen LogP contribution >= 0.6 is 0 Å². The average molecular weight is 272 g/mol. The molecular formula is C17H21FN2. The molecule has 2 aromatic rings. The van der Waals surface area contributed by atoms with Gasteiger partial charge in [0.1, 0.15) is 5.82 Å². The Morgan fingerprint density at radius 3 is 2.35 bits per heavy atom. The van der Waals surface area contributed by atoms with Crippen LogP contribution in [0.25, 0.3) is 0 Å². The Kier molecular flexibility index (Phi) is 4.74. The quantitative estimate of drug-likeness (QED) is 0.900. The molecule has 0 bridgehead atoms. The third kappa shape index (κ3) is 3.36. The fourth-order valence-electron chi connectivity index (χ4n) is 2.28. The van der Waals surface area contributed by atoms with Crippen molar-refractivity contribution in [3.63, 3.8) is 0 Å². The lowest BCUT2D eigenvalue weighted by atomic mass is 10.1. The second kappa shape index (κ2) is 6.53. The fourth-order valence-corrected chi connectivity index (χ4v) is 2.28. The maximum atomic E-state index is 13.8. The van der Waals surface area contributed by atoms with Gasteiger partial charge in [0.25, 0.3) is 0 Å².